The highest BCUT2D eigenvalue weighted by Crippen LogP contribution is 2.44. The number of hydrogen-bond acceptors (Lipinski definition) is 6. The van der Waals surface area contributed by atoms with Gasteiger partial charge in [-0.2, -0.15) is 0 Å². The second-order valence-corrected chi connectivity index (χ2v) is 8.09. The normalized spacial score (nSPS) is 21.6. The van der Waals surface area contributed by atoms with Gasteiger partial charge in [-0.3, -0.25) is 14.4 Å². The average Bonchev–Trinajstić information content (AvgIpc) is 3.23. The zero-order valence-electron chi connectivity index (χ0n) is 17.1. The number of rotatable bonds is 5. The number of likely N-dealkylation sites (tertiary alicyclic amines) is 2. The van der Waals surface area contributed by atoms with E-state index in [1.165, 1.54) is 7.11 Å². The summed E-state index contributed by atoms with van der Waals surface area (Å²) in [5, 5.41) is 3.93. The van der Waals surface area contributed by atoms with Gasteiger partial charge in [-0.25, -0.2) is 0 Å². The van der Waals surface area contributed by atoms with Gasteiger partial charge in [-0.15, -0.1) is 0 Å². The van der Waals surface area contributed by atoms with Crippen molar-refractivity contribution in [1.29, 1.82) is 0 Å². The molecule has 1 spiro atoms. The molecule has 3 heterocycles. The van der Waals surface area contributed by atoms with Gasteiger partial charge in [-0.05, 0) is 25.7 Å². The number of esters is 1. The van der Waals surface area contributed by atoms with Gasteiger partial charge in [0.2, 0.25) is 5.91 Å². The Morgan fingerprint density at radius 1 is 1.36 bits per heavy atom. The molecule has 28 heavy (non-hydrogen) atoms. The summed E-state index contributed by atoms with van der Waals surface area (Å²) >= 11 is 0. The highest BCUT2D eigenvalue weighted by Gasteiger charge is 2.56. The number of methoxy groups -OCH3 is 1. The third kappa shape index (κ3) is 3.52. The van der Waals surface area contributed by atoms with Gasteiger partial charge >= 0.3 is 5.97 Å². The lowest BCUT2D eigenvalue weighted by atomic mass is 9.76. The molecule has 3 rings (SSSR count). The lowest BCUT2D eigenvalue weighted by Gasteiger charge is -2.46. The number of piperidine rings is 1. The van der Waals surface area contributed by atoms with Crippen molar-refractivity contribution in [3.63, 3.8) is 0 Å². The summed E-state index contributed by atoms with van der Waals surface area (Å²) in [6.45, 7) is 7.54. The van der Waals surface area contributed by atoms with Crippen molar-refractivity contribution in [3.8, 4) is 0 Å². The predicted molar refractivity (Wildman–Crippen MR) is 100 cm³/mol. The van der Waals surface area contributed by atoms with Crippen LogP contribution < -0.4 is 0 Å². The number of aromatic nitrogens is 1. The zero-order valence-corrected chi connectivity index (χ0v) is 17.1. The summed E-state index contributed by atoms with van der Waals surface area (Å²) in [5.41, 5.74) is -0.256. The Kier molecular flexibility index (Phi) is 5.76. The van der Waals surface area contributed by atoms with Gasteiger partial charge in [0.15, 0.2) is 5.69 Å². The number of ether oxygens (including phenoxy) is 1. The van der Waals surface area contributed by atoms with Crippen LogP contribution in [0.3, 0.4) is 0 Å². The van der Waals surface area contributed by atoms with Crippen LogP contribution in [0, 0.1) is 11.8 Å². The number of carbonyl (C=O) groups is 3. The first-order valence-electron chi connectivity index (χ1n) is 9.95. The lowest BCUT2D eigenvalue weighted by molar-refractivity contribution is -0.150. The van der Waals surface area contributed by atoms with Gasteiger partial charge in [0.25, 0.3) is 5.91 Å². The van der Waals surface area contributed by atoms with Crippen molar-refractivity contribution in [2.24, 2.45) is 11.8 Å². The van der Waals surface area contributed by atoms with Crippen molar-refractivity contribution in [2.75, 3.05) is 26.7 Å². The smallest absolute Gasteiger partial charge is 0.311 e. The van der Waals surface area contributed by atoms with E-state index in [1.54, 1.807) is 15.9 Å². The monoisotopic (exact) mass is 391 g/mol. The Morgan fingerprint density at radius 2 is 2.04 bits per heavy atom. The quantitative estimate of drug-likeness (QED) is 0.712. The highest BCUT2D eigenvalue weighted by molar-refractivity contribution is 5.93. The van der Waals surface area contributed by atoms with E-state index in [9.17, 15) is 14.4 Å². The molecule has 154 valence electrons. The molecule has 2 aliphatic rings. The number of hydrogen-bond donors (Lipinski definition) is 0. The van der Waals surface area contributed by atoms with Crippen molar-refractivity contribution >= 4 is 17.8 Å². The Labute approximate surface area is 165 Å². The molecule has 0 aromatic carbocycles. The molecule has 2 fully saturated rings. The van der Waals surface area contributed by atoms with Gasteiger partial charge in [0.1, 0.15) is 5.76 Å². The van der Waals surface area contributed by atoms with Crippen LogP contribution in [0.4, 0.5) is 0 Å². The summed E-state index contributed by atoms with van der Waals surface area (Å²) in [6, 6.07) is 1.71. The van der Waals surface area contributed by atoms with Gasteiger partial charge in [0, 0.05) is 38.5 Å². The molecular weight excluding hydrogens is 362 g/mol. The second-order valence-electron chi connectivity index (χ2n) is 8.09. The molecule has 2 aliphatic heterocycles. The van der Waals surface area contributed by atoms with Crippen molar-refractivity contribution < 1.29 is 23.6 Å². The van der Waals surface area contributed by atoms with E-state index in [-0.39, 0.29) is 24.2 Å². The molecule has 0 radical (unpaired) electrons. The SMILES string of the molecule is CCN1C(=O)CC(C(=O)OC)C12CCN(C(=O)c1cc(CC(C)C)on1)CC2. The molecule has 8 nitrogen and oxygen atoms in total. The largest absolute Gasteiger partial charge is 0.469 e. The van der Waals surface area contributed by atoms with E-state index in [4.69, 9.17) is 9.26 Å². The highest BCUT2D eigenvalue weighted by atomic mass is 16.5. The van der Waals surface area contributed by atoms with Gasteiger partial charge < -0.3 is 19.1 Å². The summed E-state index contributed by atoms with van der Waals surface area (Å²) in [7, 11) is 1.35. The van der Waals surface area contributed by atoms with Crippen molar-refractivity contribution in [2.45, 2.75) is 52.0 Å². The topological polar surface area (TPSA) is 93.0 Å². The maximum Gasteiger partial charge on any atom is 0.311 e. The van der Waals surface area contributed by atoms with Crippen molar-refractivity contribution in [1.82, 2.24) is 15.0 Å². The summed E-state index contributed by atoms with van der Waals surface area (Å²) in [4.78, 5) is 41.1. The first-order chi connectivity index (χ1) is 13.3. The van der Waals surface area contributed by atoms with Crippen LogP contribution in [-0.4, -0.2) is 65.0 Å². The molecule has 1 aromatic rings. The van der Waals surface area contributed by atoms with Crippen LogP contribution in [0.15, 0.2) is 10.6 Å². The maximum atomic E-state index is 12.8. The molecule has 0 N–H and O–H groups in total. The number of amides is 2. The van der Waals surface area contributed by atoms with Crippen molar-refractivity contribution in [3.05, 3.63) is 17.5 Å². The minimum Gasteiger partial charge on any atom is -0.469 e. The fourth-order valence-electron chi connectivity index (χ4n) is 4.64. The van der Waals surface area contributed by atoms with Gasteiger partial charge in [0.05, 0.1) is 18.6 Å². The Bertz CT molecular complexity index is 747. The summed E-state index contributed by atoms with van der Waals surface area (Å²) in [5.74, 6) is 0.103. The number of carbonyl (C=O) groups excluding carboxylic acids is 3. The average molecular weight is 391 g/mol. The standard InChI is InChI=1S/C20H29N3O5/c1-5-23-17(24)12-15(19(26)27-4)20(23)6-8-22(9-7-20)18(25)16-11-14(28-21-16)10-13(2)3/h11,13,15H,5-10,12H2,1-4H3. The summed E-state index contributed by atoms with van der Waals surface area (Å²) in [6.07, 6.45) is 2.01. The fraction of sp³-hybridized carbons (Fsp3) is 0.700. The van der Waals surface area contributed by atoms with Crippen LogP contribution in [-0.2, 0) is 20.7 Å². The Morgan fingerprint density at radius 3 is 2.61 bits per heavy atom. The van der Waals surface area contributed by atoms with Crippen LogP contribution in [0.25, 0.3) is 0 Å². The minimum atomic E-state index is -0.567. The molecule has 0 bridgehead atoms. The molecule has 0 saturated carbocycles. The van der Waals surface area contributed by atoms with Gasteiger partial charge in [-0.1, -0.05) is 19.0 Å². The molecule has 2 saturated heterocycles. The molecule has 0 aliphatic carbocycles. The van der Waals surface area contributed by atoms with E-state index in [2.05, 4.69) is 19.0 Å². The third-order valence-corrected chi connectivity index (χ3v) is 5.97. The van der Waals surface area contributed by atoms with Crippen LogP contribution >= 0.6 is 0 Å². The van der Waals surface area contributed by atoms with E-state index >= 15 is 0 Å². The second kappa shape index (κ2) is 7.93. The van der Waals surface area contributed by atoms with E-state index in [0.717, 1.165) is 6.42 Å². The first-order valence-corrected chi connectivity index (χ1v) is 9.95. The fourth-order valence-corrected chi connectivity index (χ4v) is 4.64. The van der Waals surface area contributed by atoms with Crippen LogP contribution in [0.2, 0.25) is 0 Å². The maximum absolute atomic E-state index is 12.8. The Hall–Kier alpha value is -2.38. The summed E-state index contributed by atoms with van der Waals surface area (Å²) < 4.78 is 10.2. The van der Waals surface area contributed by atoms with E-state index in [1.807, 2.05) is 6.92 Å². The predicted octanol–water partition coefficient (Wildman–Crippen LogP) is 1.89. The third-order valence-electron chi connectivity index (χ3n) is 5.97. The van der Waals surface area contributed by atoms with E-state index in [0.29, 0.717) is 49.8 Å². The lowest BCUT2D eigenvalue weighted by Crippen LogP contribution is -2.58. The Balaban J connectivity index is 1.73. The molecule has 1 atom stereocenters. The molecule has 2 amide bonds. The molecule has 1 unspecified atom stereocenters. The number of nitrogens with zero attached hydrogens (tertiary/aromatic N) is 3. The molecular formula is C20H29N3O5. The minimum absolute atomic E-state index is 0.0208. The van der Waals surface area contributed by atoms with Crippen LogP contribution in [0.5, 0.6) is 0 Å². The molecule has 8 heteroatoms. The first kappa shape index (κ1) is 20.4. The molecule has 1 aromatic heterocycles. The zero-order chi connectivity index (χ0) is 20.5. The van der Waals surface area contributed by atoms with E-state index < -0.39 is 11.5 Å². The van der Waals surface area contributed by atoms with Crippen LogP contribution in [0.1, 0.15) is 56.3 Å².